The van der Waals surface area contributed by atoms with Gasteiger partial charge < -0.3 is 20.5 Å². The smallest absolute Gasteiger partial charge is 0.315 e. The first kappa shape index (κ1) is 15.9. The number of carbonyl (C=O) groups excluding carboxylic acids is 1. The summed E-state index contributed by atoms with van der Waals surface area (Å²) >= 11 is 1.51. The van der Waals surface area contributed by atoms with Crippen LogP contribution in [-0.4, -0.2) is 36.9 Å². The third-order valence-corrected chi connectivity index (χ3v) is 3.65. The number of amides is 2. The number of ether oxygens (including phenoxy) is 1. The first-order valence-electron chi connectivity index (χ1n) is 6.09. The van der Waals surface area contributed by atoms with Gasteiger partial charge in [0.2, 0.25) is 0 Å². The topological polar surface area (TPSA) is 70.6 Å². The van der Waals surface area contributed by atoms with Crippen molar-refractivity contribution in [3.05, 3.63) is 22.4 Å². The molecule has 0 saturated carbocycles. The summed E-state index contributed by atoms with van der Waals surface area (Å²) in [6.07, 6.45) is 0. The summed E-state index contributed by atoms with van der Waals surface area (Å²) < 4.78 is 5.20. The summed E-state index contributed by atoms with van der Waals surface area (Å²) in [5.41, 5.74) is -0.670. The Labute approximate surface area is 118 Å². The Morgan fingerprint density at radius 3 is 2.53 bits per heavy atom. The van der Waals surface area contributed by atoms with Gasteiger partial charge in [0.05, 0.1) is 12.1 Å². The fourth-order valence-electron chi connectivity index (χ4n) is 1.35. The van der Waals surface area contributed by atoms with Crippen LogP contribution in [-0.2, 0) is 10.3 Å². The molecule has 1 unspecified atom stereocenters. The van der Waals surface area contributed by atoms with Crippen molar-refractivity contribution in [1.29, 1.82) is 0 Å². The van der Waals surface area contributed by atoms with Gasteiger partial charge in [-0.3, -0.25) is 0 Å². The standard InChI is InChI=1S/C13H22N2O3S/c1-12(2,18-4)8-14-11(16)15-9-13(3,17)10-5-6-19-7-10/h5-7,17H,8-9H2,1-4H3,(H2,14,15,16). The van der Waals surface area contributed by atoms with Crippen molar-refractivity contribution in [2.75, 3.05) is 20.2 Å². The third-order valence-electron chi connectivity index (χ3n) is 2.96. The molecule has 0 radical (unpaired) electrons. The second-order valence-electron chi connectivity index (χ2n) is 5.29. The van der Waals surface area contributed by atoms with Crippen molar-refractivity contribution >= 4 is 17.4 Å². The molecule has 1 atom stereocenters. The monoisotopic (exact) mass is 286 g/mol. The minimum atomic E-state index is -1.06. The molecule has 0 aliphatic carbocycles. The van der Waals surface area contributed by atoms with Gasteiger partial charge in [-0.1, -0.05) is 0 Å². The molecule has 0 aliphatic heterocycles. The van der Waals surface area contributed by atoms with E-state index in [-0.39, 0.29) is 12.6 Å². The molecule has 3 N–H and O–H groups in total. The second-order valence-corrected chi connectivity index (χ2v) is 6.07. The normalized spacial score (nSPS) is 14.8. The van der Waals surface area contributed by atoms with Crippen molar-refractivity contribution in [1.82, 2.24) is 10.6 Å². The van der Waals surface area contributed by atoms with Crippen LogP contribution in [0.3, 0.4) is 0 Å². The molecule has 1 aromatic heterocycles. The molecule has 0 aliphatic rings. The van der Waals surface area contributed by atoms with E-state index in [4.69, 9.17) is 4.74 Å². The molecule has 0 fully saturated rings. The van der Waals surface area contributed by atoms with Gasteiger partial charge in [-0.05, 0) is 43.2 Å². The predicted molar refractivity (Wildman–Crippen MR) is 76.4 cm³/mol. The fraction of sp³-hybridized carbons (Fsp3) is 0.615. The summed E-state index contributed by atoms with van der Waals surface area (Å²) in [5.74, 6) is 0. The summed E-state index contributed by atoms with van der Waals surface area (Å²) in [6, 6.07) is 1.53. The zero-order chi connectivity index (χ0) is 14.5. The van der Waals surface area contributed by atoms with E-state index in [9.17, 15) is 9.90 Å². The Kier molecular flexibility index (Phi) is 5.34. The Balaban J connectivity index is 2.38. The first-order chi connectivity index (χ1) is 8.77. The van der Waals surface area contributed by atoms with Gasteiger partial charge >= 0.3 is 6.03 Å². The summed E-state index contributed by atoms with van der Waals surface area (Å²) in [7, 11) is 1.60. The van der Waals surface area contributed by atoms with Crippen molar-refractivity contribution in [2.45, 2.75) is 32.0 Å². The van der Waals surface area contributed by atoms with Crippen LogP contribution in [0.5, 0.6) is 0 Å². The van der Waals surface area contributed by atoms with Crippen LogP contribution in [0.1, 0.15) is 26.3 Å². The van der Waals surface area contributed by atoms with Crippen LogP contribution in [0.15, 0.2) is 16.8 Å². The number of nitrogens with one attached hydrogen (secondary N) is 2. The molecule has 1 heterocycles. The molecule has 19 heavy (non-hydrogen) atoms. The lowest BCUT2D eigenvalue weighted by Crippen LogP contribution is -2.47. The third kappa shape index (κ3) is 5.18. The summed E-state index contributed by atoms with van der Waals surface area (Å²) in [6.45, 7) is 6.00. The lowest BCUT2D eigenvalue weighted by atomic mass is 9.99. The molecule has 0 bridgehead atoms. The van der Waals surface area contributed by atoms with E-state index in [1.54, 1.807) is 14.0 Å². The number of hydrogen-bond acceptors (Lipinski definition) is 4. The lowest BCUT2D eigenvalue weighted by molar-refractivity contribution is 0.0248. The number of urea groups is 1. The Hall–Kier alpha value is -1.11. The highest BCUT2D eigenvalue weighted by Gasteiger charge is 2.24. The van der Waals surface area contributed by atoms with Crippen molar-refractivity contribution in [3.8, 4) is 0 Å². The largest absolute Gasteiger partial charge is 0.384 e. The van der Waals surface area contributed by atoms with Gasteiger partial charge in [0.1, 0.15) is 5.60 Å². The molecule has 6 heteroatoms. The summed E-state index contributed by atoms with van der Waals surface area (Å²) in [4.78, 5) is 11.6. The zero-order valence-corrected chi connectivity index (χ0v) is 12.6. The molecule has 0 aromatic carbocycles. The van der Waals surface area contributed by atoms with E-state index in [0.717, 1.165) is 5.56 Å². The Bertz CT molecular complexity index is 402. The SMILES string of the molecule is COC(C)(C)CNC(=O)NCC(C)(O)c1ccsc1. The van der Waals surface area contributed by atoms with Gasteiger partial charge in [-0.25, -0.2) is 4.79 Å². The number of aliphatic hydroxyl groups is 1. The number of carbonyl (C=O) groups is 1. The number of thiophene rings is 1. The highest BCUT2D eigenvalue weighted by molar-refractivity contribution is 7.08. The van der Waals surface area contributed by atoms with Crippen molar-refractivity contribution < 1.29 is 14.6 Å². The molecule has 2 amide bonds. The van der Waals surface area contributed by atoms with Crippen molar-refractivity contribution in [2.24, 2.45) is 0 Å². The van der Waals surface area contributed by atoms with Gasteiger partial charge in [0, 0.05) is 13.7 Å². The van der Waals surface area contributed by atoms with E-state index in [0.29, 0.717) is 6.54 Å². The molecular formula is C13H22N2O3S. The maximum Gasteiger partial charge on any atom is 0.315 e. The molecule has 0 spiro atoms. The second kappa shape index (κ2) is 6.36. The molecule has 0 saturated heterocycles. The maximum atomic E-state index is 11.6. The molecule has 1 aromatic rings. The minimum Gasteiger partial charge on any atom is -0.384 e. The summed E-state index contributed by atoms with van der Waals surface area (Å²) in [5, 5.41) is 19.4. The van der Waals surface area contributed by atoms with Crippen LogP contribution >= 0.6 is 11.3 Å². The molecule has 108 valence electrons. The van der Waals surface area contributed by atoms with E-state index in [1.165, 1.54) is 11.3 Å². The molecular weight excluding hydrogens is 264 g/mol. The average molecular weight is 286 g/mol. The van der Waals surface area contributed by atoms with E-state index in [2.05, 4.69) is 10.6 Å². The average Bonchev–Trinajstić information content (AvgIpc) is 2.89. The highest BCUT2D eigenvalue weighted by Crippen LogP contribution is 2.21. The van der Waals surface area contributed by atoms with E-state index < -0.39 is 11.2 Å². The number of rotatable bonds is 6. The van der Waals surface area contributed by atoms with E-state index in [1.807, 2.05) is 30.7 Å². The van der Waals surface area contributed by atoms with Gasteiger partial charge in [-0.2, -0.15) is 11.3 Å². The van der Waals surface area contributed by atoms with Crippen molar-refractivity contribution in [3.63, 3.8) is 0 Å². The van der Waals surface area contributed by atoms with Crippen LogP contribution in [0.2, 0.25) is 0 Å². The molecule has 1 rings (SSSR count). The fourth-order valence-corrected chi connectivity index (χ4v) is 2.14. The number of hydrogen-bond donors (Lipinski definition) is 3. The minimum absolute atomic E-state index is 0.156. The van der Waals surface area contributed by atoms with Crippen LogP contribution in [0, 0.1) is 0 Å². The van der Waals surface area contributed by atoms with Crippen LogP contribution in [0.4, 0.5) is 4.79 Å². The predicted octanol–water partition coefficient (Wildman–Crippen LogP) is 1.68. The highest BCUT2D eigenvalue weighted by atomic mass is 32.1. The lowest BCUT2D eigenvalue weighted by Gasteiger charge is -2.25. The van der Waals surface area contributed by atoms with Gasteiger partial charge in [0.15, 0.2) is 0 Å². The van der Waals surface area contributed by atoms with E-state index >= 15 is 0 Å². The van der Waals surface area contributed by atoms with Crippen LogP contribution < -0.4 is 10.6 Å². The maximum absolute atomic E-state index is 11.6. The zero-order valence-electron chi connectivity index (χ0n) is 11.8. The Morgan fingerprint density at radius 2 is 2.00 bits per heavy atom. The first-order valence-corrected chi connectivity index (χ1v) is 7.03. The quantitative estimate of drug-likeness (QED) is 0.745. The Morgan fingerprint density at radius 1 is 1.37 bits per heavy atom. The number of methoxy groups -OCH3 is 1. The van der Waals surface area contributed by atoms with Gasteiger partial charge in [-0.15, -0.1) is 0 Å². The molecule has 5 nitrogen and oxygen atoms in total. The van der Waals surface area contributed by atoms with Crippen LogP contribution in [0.25, 0.3) is 0 Å². The van der Waals surface area contributed by atoms with Gasteiger partial charge in [0.25, 0.3) is 0 Å².